The monoisotopic (exact) mass is 238 g/mol. The summed E-state index contributed by atoms with van der Waals surface area (Å²) in [6, 6.07) is 7.54. The third-order valence-electron chi connectivity index (χ3n) is 3.59. The highest BCUT2D eigenvalue weighted by Crippen LogP contribution is 2.47. The van der Waals surface area contributed by atoms with Gasteiger partial charge in [0.25, 0.3) is 0 Å². The van der Waals surface area contributed by atoms with Crippen molar-refractivity contribution in [3.05, 3.63) is 29.8 Å². The van der Waals surface area contributed by atoms with Gasteiger partial charge in [-0.2, -0.15) is 0 Å². The second-order valence-electron chi connectivity index (χ2n) is 4.40. The van der Waals surface area contributed by atoms with E-state index in [0.717, 1.165) is 24.3 Å². The topological polar surface area (TPSA) is 58.2 Å². The smallest absolute Gasteiger partial charge is 0.242 e. The van der Waals surface area contributed by atoms with Crippen molar-refractivity contribution >= 4 is 15.7 Å². The minimum atomic E-state index is -3.26. The molecule has 1 aromatic carbocycles. The van der Waals surface area contributed by atoms with Gasteiger partial charge in [0, 0.05) is 0 Å². The first-order valence-electron chi connectivity index (χ1n) is 5.48. The van der Waals surface area contributed by atoms with Crippen molar-refractivity contribution in [2.75, 3.05) is 17.8 Å². The maximum Gasteiger partial charge on any atom is 0.242 e. The molecular weight excluding hydrogens is 224 g/mol. The molecule has 1 saturated heterocycles. The predicted molar refractivity (Wildman–Crippen MR) is 62.8 cm³/mol. The number of fused-ring (bicyclic) bond motifs is 2. The molecule has 0 aliphatic carbocycles. The van der Waals surface area contributed by atoms with Crippen molar-refractivity contribution in [3.63, 3.8) is 0 Å². The van der Waals surface area contributed by atoms with Crippen LogP contribution >= 0.6 is 0 Å². The maximum absolute atomic E-state index is 12.3. The summed E-state index contributed by atoms with van der Waals surface area (Å²) in [5.74, 6) is 0. The molecule has 86 valence electrons. The second-order valence-corrected chi connectivity index (χ2v) is 6.39. The molecule has 2 aliphatic rings. The number of hydrogen-bond donors (Lipinski definition) is 2. The highest BCUT2D eigenvalue weighted by molar-refractivity contribution is 7.94. The normalized spacial score (nSPS) is 25.0. The molecule has 0 amide bonds. The van der Waals surface area contributed by atoms with Gasteiger partial charge < -0.3 is 5.32 Å². The van der Waals surface area contributed by atoms with E-state index in [-0.39, 0.29) is 0 Å². The first-order valence-corrected chi connectivity index (χ1v) is 6.97. The lowest BCUT2D eigenvalue weighted by molar-refractivity contribution is 0.402. The molecular formula is C11H14N2O2S. The summed E-state index contributed by atoms with van der Waals surface area (Å²) in [4.78, 5) is 0. The van der Waals surface area contributed by atoms with E-state index in [9.17, 15) is 8.42 Å². The van der Waals surface area contributed by atoms with E-state index in [1.54, 1.807) is 0 Å². The van der Waals surface area contributed by atoms with Gasteiger partial charge in [-0.3, -0.25) is 4.72 Å². The molecule has 2 N–H and O–H groups in total. The zero-order chi connectivity index (χ0) is 11.2. The average molecular weight is 238 g/mol. The van der Waals surface area contributed by atoms with Gasteiger partial charge in [0.05, 0.1) is 5.69 Å². The molecule has 0 radical (unpaired) electrons. The lowest BCUT2D eigenvalue weighted by Crippen LogP contribution is -2.44. The Bertz CT molecular complexity index is 519. The van der Waals surface area contributed by atoms with Crippen LogP contribution in [-0.2, 0) is 14.8 Å². The highest BCUT2D eigenvalue weighted by atomic mass is 32.2. The summed E-state index contributed by atoms with van der Waals surface area (Å²) in [5, 5.41) is 3.21. The minimum absolute atomic E-state index is 0.652. The second kappa shape index (κ2) is 3.21. The van der Waals surface area contributed by atoms with Crippen LogP contribution in [0.2, 0.25) is 0 Å². The molecule has 0 atom stereocenters. The number of anilines is 1. The molecule has 0 unspecified atom stereocenters. The first kappa shape index (κ1) is 10.1. The van der Waals surface area contributed by atoms with Crippen LogP contribution in [0.5, 0.6) is 0 Å². The Morgan fingerprint density at radius 3 is 2.56 bits per heavy atom. The van der Waals surface area contributed by atoms with Crippen LogP contribution < -0.4 is 10.0 Å². The number of piperidine rings is 1. The van der Waals surface area contributed by atoms with E-state index in [0.29, 0.717) is 12.8 Å². The van der Waals surface area contributed by atoms with E-state index in [1.165, 1.54) is 0 Å². The van der Waals surface area contributed by atoms with E-state index in [4.69, 9.17) is 0 Å². The molecule has 2 aliphatic heterocycles. The Labute approximate surface area is 95.1 Å². The van der Waals surface area contributed by atoms with Crippen LogP contribution in [0.4, 0.5) is 5.69 Å². The highest BCUT2D eigenvalue weighted by Gasteiger charge is 2.51. The van der Waals surface area contributed by atoms with Crippen LogP contribution in [-0.4, -0.2) is 21.5 Å². The van der Waals surface area contributed by atoms with Gasteiger partial charge in [0.2, 0.25) is 10.0 Å². The van der Waals surface area contributed by atoms with Gasteiger partial charge >= 0.3 is 0 Å². The van der Waals surface area contributed by atoms with Gasteiger partial charge in [-0.05, 0) is 37.6 Å². The summed E-state index contributed by atoms with van der Waals surface area (Å²) in [5.41, 5.74) is 1.70. The quantitative estimate of drug-likeness (QED) is 0.709. The molecule has 5 heteroatoms. The van der Waals surface area contributed by atoms with Gasteiger partial charge in [0.15, 0.2) is 0 Å². The van der Waals surface area contributed by atoms with E-state index in [2.05, 4.69) is 10.0 Å². The summed E-state index contributed by atoms with van der Waals surface area (Å²) >= 11 is 0. The fourth-order valence-electron chi connectivity index (χ4n) is 2.73. The Balaban J connectivity index is 2.21. The van der Waals surface area contributed by atoms with Gasteiger partial charge in [-0.15, -0.1) is 0 Å². The third kappa shape index (κ3) is 1.15. The van der Waals surface area contributed by atoms with E-state index < -0.39 is 14.8 Å². The Morgan fingerprint density at radius 1 is 1.12 bits per heavy atom. The zero-order valence-electron chi connectivity index (χ0n) is 8.86. The molecule has 0 aromatic heterocycles. The number of rotatable bonds is 0. The first-order chi connectivity index (χ1) is 7.66. The summed E-state index contributed by atoms with van der Waals surface area (Å²) < 4.78 is 26.5. The Morgan fingerprint density at radius 2 is 1.81 bits per heavy atom. The predicted octanol–water partition coefficient (Wildman–Crippen LogP) is 1.02. The zero-order valence-corrected chi connectivity index (χ0v) is 9.68. The van der Waals surface area contributed by atoms with Crippen molar-refractivity contribution in [1.82, 2.24) is 5.32 Å². The molecule has 2 heterocycles. The lowest BCUT2D eigenvalue weighted by Gasteiger charge is -2.32. The van der Waals surface area contributed by atoms with Crippen molar-refractivity contribution < 1.29 is 8.42 Å². The fraction of sp³-hybridized carbons (Fsp3) is 0.455. The summed E-state index contributed by atoms with van der Waals surface area (Å²) in [6.45, 7) is 1.52. The van der Waals surface area contributed by atoms with Crippen molar-refractivity contribution in [2.24, 2.45) is 0 Å². The maximum atomic E-state index is 12.3. The number of nitrogens with one attached hydrogen (secondary N) is 2. The minimum Gasteiger partial charge on any atom is -0.317 e. The van der Waals surface area contributed by atoms with Crippen LogP contribution in [0.25, 0.3) is 0 Å². The van der Waals surface area contributed by atoms with Crippen LogP contribution in [0.15, 0.2) is 24.3 Å². The van der Waals surface area contributed by atoms with E-state index >= 15 is 0 Å². The van der Waals surface area contributed by atoms with Crippen LogP contribution in [0.3, 0.4) is 0 Å². The van der Waals surface area contributed by atoms with Gasteiger partial charge in [-0.25, -0.2) is 8.42 Å². The molecule has 1 aromatic rings. The number of benzene rings is 1. The molecule has 1 fully saturated rings. The van der Waals surface area contributed by atoms with Crippen LogP contribution in [0.1, 0.15) is 18.4 Å². The standard InChI is InChI=1S/C11H14N2O2S/c14-16(15)11(5-7-12-8-6-11)9-3-1-2-4-10(9)13-16/h1-4,12-13H,5-8H2. The Kier molecular flexibility index (Phi) is 2.03. The van der Waals surface area contributed by atoms with Gasteiger partial charge in [0.1, 0.15) is 4.75 Å². The van der Waals surface area contributed by atoms with Crippen LogP contribution in [0, 0.1) is 0 Å². The SMILES string of the molecule is O=S1(=O)Nc2ccccc2C12CCNCC2. The van der Waals surface area contributed by atoms with Crippen molar-refractivity contribution in [2.45, 2.75) is 17.6 Å². The molecule has 4 nitrogen and oxygen atoms in total. The van der Waals surface area contributed by atoms with Crippen molar-refractivity contribution in [1.29, 1.82) is 0 Å². The van der Waals surface area contributed by atoms with Gasteiger partial charge in [-0.1, -0.05) is 18.2 Å². The Hall–Kier alpha value is -1.07. The number of para-hydroxylation sites is 1. The fourth-order valence-corrected chi connectivity index (χ4v) is 4.60. The molecule has 0 saturated carbocycles. The molecule has 16 heavy (non-hydrogen) atoms. The summed E-state index contributed by atoms with van der Waals surface area (Å²) in [6.07, 6.45) is 1.30. The average Bonchev–Trinajstić information content (AvgIpc) is 2.49. The molecule has 1 spiro atoms. The molecule has 3 rings (SSSR count). The number of hydrogen-bond acceptors (Lipinski definition) is 3. The van der Waals surface area contributed by atoms with E-state index in [1.807, 2.05) is 24.3 Å². The molecule has 0 bridgehead atoms. The largest absolute Gasteiger partial charge is 0.317 e. The lowest BCUT2D eigenvalue weighted by atomic mass is 9.88. The summed E-state index contributed by atoms with van der Waals surface area (Å²) in [7, 11) is -3.26. The third-order valence-corrected chi connectivity index (χ3v) is 5.73. The number of sulfonamides is 1. The van der Waals surface area contributed by atoms with Crippen molar-refractivity contribution in [3.8, 4) is 0 Å².